The van der Waals surface area contributed by atoms with E-state index in [1.54, 1.807) is 0 Å². The van der Waals surface area contributed by atoms with Gasteiger partial charge in [-0.25, -0.2) is 0 Å². The molecule has 3 aliphatic heterocycles. The highest BCUT2D eigenvalue weighted by atomic mass is 28.4. The van der Waals surface area contributed by atoms with Crippen molar-refractivity contribution in [1.29, 1.82) is 0 Å². The van der Waals surface area contributed by atoms with Crippen molar-refractivity contribution >= 4 is 22.6 Å². The molecule has 0 amide bonds. The van der Waals surface area contributed by atoms with E-state index in [4.69, 9.17) is 27.8 Å². The molecule has 0 spiro atoms. The van der Waals surface area contributed by atoms with Crippen molar-refractivity contribution in [3.05, 3.63) is 71.8 Å². The lowest BCUT2D eigenvalue weighted by molar-refractivity contribution is -0.151. The molecule has 0 unspecified atom stereocenters. The molecule has 2 saturated heterocycles. The van der Waals surface area contributed by atoms with Crippen LogP contribution in [0.1, 0.15) is 134 Å². The van der Waals surface area contributed by atoms with Gasteiger partial charge in [0.15, 0.2) is 22.9 Å². The number of epoxide rings is 1. The number of hydrogen-bond donors (Lipinski definition) is 0. The Labute approximate surface area is 350 Å². The Morgan fingerprint density at radius 2 is 1.68 bits per heavy atom. The quantitative estimate of drug-likeness (QED) is 0.0540. The number of rotatable bonds is 16. The van der Waals surface area contributed by atoms with Gasteiger partial charge in [-0.1, -0.05) is 137 Å². The van der Waals surface area contributed by atoms with Crippen LogP contribution in [0.25, 0.3) is 0 Å². The van der Waals surface area contributed by atoms with Crippen LogP contribution in [-0.2, 0) is 32.6 Å². The highest BCUT2D eigenvalue weighted by molar-refractivity contribution is 6.75. The molecule has 0 saturated carbocycles. The van der Waals surface area contributed by atoms with Gasteiger partial charge in [-0.2, -0.15) is 0 Å². The SMILES string of the molecule is CC[C@H](O[Si](CC)(CC)C(C)C)[C@@H](C)[C@H]1O[C@H]1C[C@H](C)/C=C/C=C(\C)[C@H]1OC(=O)C[C@H](O[Si](C)(C)C(C)(C)C)CC[C@@]2(C)O[C@@H](c3ccccc3)O[C@H]2/C=C/[C@@H]1C. The second-order valence-electron chi connectivity index (χ2n) is 19.6. The maximum absolute atomic E-state index is 13.8. The lowest BCUT2D eigenvalue weighted by Gasteiger charge is -2.40. The molecule has 1 aromatic rings. The predicted molar refractivity (Wildman–Crippen MR) is 239 cm³/mol. The third-order valence-corrected chi connectivity index (χ3v) is 23.7. The van der Waals surface area contributed by atoms with Gasteiger partial charge in [-0.05, 0) is 86.8 Å². The smallest absolute Gasteiger partial charge is 0.308 e. The Morgan fingerprint density at radius 1 is 1.02 bits per heavy atom. The third-order valence-electron chi connectivity index (χ3n) is 13.9. The highest BCUT2D eigenvalue weighted by Gasteiger charge is 2.49. The minimum atomic E-state index is -2.19. The van der Waals surface area contributed by atoms with Crippen LogP contribution in [0.2, 0.25) is 35.8 Å². The van der Waals surface area contributed by atoms with Crippen LogP contribution < -0.4 is 0 Å². The number of cyclic esters (lactones) is 1. The zero-order valence-electron chi connectivity index (χ0n) is 38.4. The van der Waals surface area contributed by atoms with Crippen molar-refractivity contribution in [2.45, 2.75) is 206 Å². The van der Waals surface area contributed by atoms with E-state index in [0.29, 0.717) is 30.2 Å². The Hall–Kier alpha value is -1.86. The van der Waals surface area contributed by atoms with Crippen molar-refractivity contribution in [1.82, 2.24) is 0 Å². The second-order valence-corrected chi connectivity index (χ2v) is 29.3. The zero-order chi connectivity index (χ0) is 42.3. The van der Waals surface area contributed by atoms with Gasteiger partial charge in [0.25, 0.3) is 0 Å². The van der Waals surface area contributed by atoms with Crippen molar-refractivity contribution in [3.63, 3.8) is 0 Å². The average molecular weight is 825 g/mol. The van der Waals surface area contributed by atoms with Crippen LogP contribution in [-0.4, -0.2) is 64.8 Å². The Morgan fingerprint density at radius 3 is 2.28 bits per heavy atom. The number of carbonyl (C=O) groups is 1. The molecule has 0 N–H and O–H groups in total. The molecule has 0 bridgehead atoms. The van der Waals surface area contributed by atoms with E-state index in [-0.39, 0.29) is 53.9 Å². The maximum atomic E-state index is 13.8. The number of ether oxygens (including phenoxy) is 4. The molecule has 2 fully saturated rings. The molecule has 3 heterocycles. The number of fused-ring (bicyclic) bond motifs is 1. The number of esters is 1. The van der Waals surface area contributed by atoms with Crippen molar-refractivity contribution < 1.29 is 32.6 Å². The predicted octanol–water partition coefficient (Wildman–Crippen LogP) is 12.7. The molecule has 322 valence electrons. The molecular weight excluding hydrogens is 745 g/mol. The summed E-state index contributed by atoms with van der Waals surface area (Å²) in [5.74, 6) is 0.399. The molecular formula is C48H80O7Si2. The van der Waals surface area contributed by atoms with Gasteiger partial charge in [0.1, 0.15) is 12.2 Å². The fourth-order valence-corrected chi connectivity index (χ4v) is 13.7. The standard InChI is InChI=1S/C48H80O7Si2/c1-16-40(55-57(17-2,18-3)33(4)5)37(9)45-41(50-45)31-34(6)23-22-24-35(7)44-36(8)27-28-42-48(13,53-46(51-42)38-25-20-19-21-26-38)30-29-39(32-43(49)52-44)54-56(14,15)47(10,11)12/h19-28,33-34,36-37,39-42,44-46H,16-18,29-32H2,1-15H3/b23-22+,28-27+,35-24+/t34-,36+,37-,39-,40+,41+,42+,44-,45-,46+,48-/m1/s1. The fourth-order valence-electron chi connectivity index (χ4n) is 8.62. The lowest BCUT2D eigenvalue weighted by Crippen LogP contribution is -2.45. The largest absolute Gasteiger partial charge is 0.457 e. The molecule has 0 aromatic heterocycles. The summed E-state index contributed by atoms with van der Waals surface area (Å²) in [4.78, 5) is 13.8. The van der Waals surface area contributed by atoms with Gasteiger partial charge in [-0.15, -0.1) is 0 Å². The van der Waals surface area contributed by atoms with Gasteiger partial charge in [0, 0.05) is 23.5 Å². The van der Waals surface area contributed by atoms with Gasteiger partial charge in [0.05, 0.1) is 30.3 Å². The van der Waals surface area contributed by atoms with E-state index in [2.05, 4.69) is 146 Å². The molecule has 1 aromatic carbocycles. The molecule has 11 atom stereocenters. The molecule has 9 heteroatoms. The Balaban J connectivity index is 1.49. The van der Waals surface area contributed by atoms with Crippen molar-refractivity contribution in [2.75, 3.05) is 0 Å². The minimum Gasteiger partial charge on any atom is -0.457 e. The first-order valence-electron chi connectivity index (χ1n) is 22.3. The summed E-state index contributed by atoms with van der Waals surface area (Å²) in [5, 5.41) is 0.00331. The zero-order valence-corrected chi connectivity index (χ0v) is 40.4. The van der Waals surface area contributed by atoms with Crippen LogP contribution in [0.4, 0.5) is 0 Å². The summed E-state index contributed by atoms with van der Waals surface area (Å²) in [6.45, 7) is 33.7. The molecule has 0 radical (unpaired) electrons. The lowest BCUT2D eigenvalue weighted by atomic mass is 9.89. The minimum absolute atomic E-state index is 0.00331. The van der Waals surface area contributed by atoms with E-state index >= 15 is 0 Å². The molecule has 4 rings (SSSR count). The fraction of sp³-hybridized carbons (Fsp3) is 0.729. The molecule has 7 nitrogen and oxygen atoms in total. The molecule has 0 aliphatic carbocycles. The summed E-state index contributed by atoms with van der Waals surface area (Å²) in [6.07, 6.45) is 13.6. The number of carbonyl (C=O) groups excluding carboxylic acids is 1. The van der Waals surface area contributed by atoms with Gasteiger partial charge < -0.3 is 27.8 Å². The highest BCUT2D eigenvalue weighted by Crippen LogP contribution is 2.44. The number of hydrogen-bond acceptors (Lipinski definition) is 7. The van der Waals surface area contributed by atoms with Gasteiger partial charge >= 0.3 is 5.97 Å². The third kappa shape index (κ3) is 12.4. The number of benzene rings is 1. The van der Waals surface area contributed by atoms with Crippen LogP contribution in [0.15, 0.2) is 66.3 Å². The van der Waals surface area contributed by atoms with Gasteiger partial charge in [-0.3, -0.25) is 4.79 Å². The first-order valence-corrected chi connectivity index (χ1v) is 27.6. The van der Waals surface area contributed by atoms with E-state index in [9.17, 15) is 4.79 Å². The summed E-state index contributed by atoms with van der Waals surface area (Å²) in [7, 11) is -3.97. The van der Waals surface area contributed by atoms with Crippen LogP contribution in [0, 0.1) is 17.8 Å². The van der Waals surface area contributed by atoms with E-state index in [1.165, 1.54) is 0 Å². The summed E-state index contributed by atoms with van der Waals surface area (Å²) < 4.78 is 40.0. The molecule has 3 aliphatic rings. The summed E-state index contributed by atoms with van der Waals surface area (Å²) in [5.41, 5.74) is 2.01. The first-order chi connectivity index (χ1) is 26.7. The normalized spacial score (nSPS) is 31.6. The Kier molecular flexibility index (Phi) is 16.9. The van der Waals surface area contributed by atoms with Crippen LogP contribution >= 0.6 is 0 Å². The Bertz CT molecular complexity index is 1510. The van der Waals surface area contributed by atoms with E-state index in [0.717, 1.165) is 36.1 Å². The van der Waals surface area contributed by atoms with E-state index in [1.807, 2.05) is 18.2 Å². The topological polar surface area (TPSA) is 75.8 Å². The van der Waals surface area contributed by atoms with Crippen LogP contribution in [0.5, 0.6) is 0 Å². The molecule has 57 heavy (non-hydrogen) atoms. The maximum Gasteiger partial charge on any atom is 0.308 e. The van der Waals surface area contributed by atoms with Crippen molar-refractivity contribution in [3.8, 4) is 0 Å². The van der Waals surface area contributed by atoms with Crippen LogP contribution in [0.3, 0.4) is 0 Å². The number of allylic oxidation sites excluding steroid dienone is 3. The summed E-state index contributed by atoms with van der Waals surface area (Å²) in [6, 6.07) is 12.5. The average Bonchev–Trinajstić information content (AvgIpc) is 3.83. The van der Waals surface area contributed by atoms with E-state index < -0.39 is 34.6 Å². The van der Waals surface area contributed by atoms with Gasteiger partial charge in [0.2, 0.25) is 0 Å². The monoisotopic (exact) mass is 825 g/mol. The second kappa shape index (κ2) is 20.1. The summed E-state index contributed by atoms with van der Waals surface area (Å²) >= 11 is 0. The van der Waals surface area contributed by atoms with Crippen molar-refractivity contribution in [2.24, 2.45) is 17.8 Å². The first kappa shape index (κ1) is 47.8.